The van der Waals surface area contributed by atoms with Crippen molar-refractivity contribution in [1.82, 2.24) is 10.3 Å². The zero-order valence-corrected chi connectivity index (χ0v) is 14.1. The minimum atomic E-state index is -0.139. The van der Waals surface area contributed by atoms with Gasteiger partial charge in [0.2, 0.25) is 0 Å². The fourth-order valence-electron chi connectivity index (χ4n) is 2.23. The molecule has 0 bridgehead atoms. The number of aromatic nitrogens is 1. The average Bonchev–Trinajstić information content (AvgIpc) is 3.06. The summed E-state index contributed by atoms with van der Waals surface area (Å²) in [7, 11) is 0. The summed E-state index contributed by atoms with van der Waals surface area (Å²) in [6.07, 6.45) is 1.72. The highest BCUT2D eigenvalue weighted by Crippen LogP contribution is 2.30. The van der Waals surface area contributed by atoms with Gasteiger partial charge in [0.1, 0.15) is 0 Å². The van der Waals surface area contributed by atoms with E-state index in [0.29, 0.717) is 9.90 Å². The third-order valence-electron chi connectivity index (χ3n) is 3.42. The van der Waals surface area contributed by atoms with E-state index in [1.807, 2.05) is 61.5 Å². The van der Waals surface area contributed by atoms with Gasteiger partial charge in [-0.3, -0.25) is 9.78 Å². The second-order valence-electron chi connectivity index (χ2n) is 5.12. The van der Waals surface area contributed by atoms with Crippen LogP contribution in [0.3, 0.4) is 0 Å². The smallest absolute Gasteiger partial charge is 0.261 e. The number of nitrogens with one attached hydrogen (secondary N) is 1. The topological polar surface area (TPSA) is 42.0 Å². The second-order valence-corrected chi connectivity index (χ2v) is 6.64. The summed E-state index contributed by atoms with van der Waals surface area (Å²) in [6, 6.07) is 16.9. The first-order chi connectivity index (χ1) is 11.1. The van der Waals surface area contributed by atoms with Crippen LogP contribution in [-0.2, 0) is 0 Å². The van der Waals surface area contributed by atoms with Crippen molar-refractivity contribution in [3.05, 3.63) is 76.4 Å². The molecule has 1 atom stereocenters. The Hall–Kier alpha value is -2.17. The maximum absolute atomic E-state index is 12.4. The molecule has 0 saturated heterocycles. The molecule has 5 heteroatoms. The van der Waals surface area contributed by atoms with Crippen LogP contribution in [0.1, 0.15) is 28.3 Å². The van der Waals surface area contributed by atoms with E-state index >= 15 is 0 Å². The summed E-state index contributed by atoms with van der Waals surface area (Å²) >= 11 is 7.47. The quantitative estimate of drug-likeness (QED) is 0.728. The minimum absolute atomic E-state index is 0.0959. The van der Waals surface area contributed by atoms with E-state index in [0.717, 1.165) is 16.1 Å². The van der Waals surface area contributed by atoms with E-state index in [4.69, 9.17) is 11.6 Å². The van der Waals surface area contributed by atoms with Crippen LogP contribution in [0.25, 0.3) is 10.4 Å². The van der Waals surface area contributed by atoms with Gasteiger partial charge in [-0.2, -0.15) is 0 Å². The lowest BCUT2D eigenvalue weighted by molar-refractivity contribution is 0.0943. The van der Waals surface area contributed by atoms with Gasteiger partial charge >= 0.3 is 0 Å². The van der Waals surface area contributed by atoms with Gasteiger partial charge in [-0.1, -0.05) is 29.8 Å². The summed E-state index contributed by atoms with van der Waals surface area (Å²) in [5, 5.41) is 3.66. The van der Waals surface area contributed by atoms with Gasteiger partial charge in [0, 0.05) is 16.1 Å². The number of amides is 1. The maximum Gasteiger partial charge on any atom is 0.261 e. The highest BCUT2D eigenvalue weighted by Gasteiger charge is 2.14. The normalized spacial score (nSPS) is 11.9. The van der Waals surface area contributed by atoms with Crippen molar-refractivity contribution in [3.8, 4) is 10.4 Å². The highest BCUT2D eigenvalue weighted by atomic mass is 35.5. The highest BCUT2D eigenvalue weighted by molar-refractivity contribution is 7.17. The average molecular weight is 343 g/mol. The first-order valence-corrected chi connectivity index (χ1v) is 8.40. The third kappa shape index (κ3) is 3.78. The first-order valence-electron chi connectivity index (χ1n) is 7.21. The van der Waals surface area contributed by atoms with Crippen molar-refractivity contribution < 1.29 is 4.79 Å². The van der Waals surface area contributed by atoms with E-state index in [1.165, 1.54) is 11.3 Å². The minimum Gasteiger partial charge on any atom is -0.343 e. The van der Waals surface area contributed by atoms with Crippen LogP contribution in [0.5, 0.6) is 0 Å². The maximum atomic E-state index is 12.4. The van der Waals surface area contributed by atoms with Crippen LogP contribution in [0, 0.1) is 0 Å². The van der Waals surface area contributed by atoms with E-state index in [9.17, 15) is 4.79 Å². The Labute approximate surface area is 144 Å². The van der Waals surface area contributed by atoms with E-state index < -0.39 is 0 Å². The van der Waals surface area contributed by atoms with Crippen molar-refractivity contribution >= 4 is 28.8 Å². The number of halogens is 1. The monoisotopic (exact) mass is 342 g/mol. The number of hydrogen-bond donors (Lipinski definition) is 1. The number of carbonyl (C=O) groups is 1. The van der Waals surface area contributed by atoms with Crippen LogP contribution >= 0.6 is 22.9 Å². The molecule has 0 aliphatic heterocycles. The molecule has 0 radical (unpaired) electrons. The Balaban J connectivity index is 1.74. The number of nitrogens with zero attached hydrogens (tertiary/aromatic N) is 1. The summed E-state index contributed by atoms with van der Waals surface area (Å²) in [5.41, 5.74) is 1.85. The molecule has 0 spiro atoms. The molecular weight excluding hydrogens is 328 g/mol. The molecule has 0 fully saturated rings. The number of rotatable bonds is 4. The largest absolute Gasteiger partial charge is 0.343 e. The van der Waals surface area contributed by atoms with Gasteiger partial charge in [-0.05, 0) is 48.9 Å². The van der Waals surface area contributed by atoms with Crippen LogP contribution < -0.4 is 5.32 Å². The summed E-state index contributed by atoms with van der Waals surface area (Å²) < 4.78 is 0. The summed E-state index contributed by atoms with van der Waals surface area (Å²) in [4.78, 5) is 18.3. The molecule has 3 aromatic rings. The van der Waals surface area contributed by atoms with Crippen molar-refractivity contribution in [2.45, 2.75) is 13.0 Å². The van der Waals surface area contributed by atoms with Crippen molar-refractivity contribution in [2.75, 3.05) is 0 Å². The van der Waals surface area contributed by atoms with E-state index in [1.54, 1.807) is 6.20 Å². The Bertz CT molecular complexity index is 817. The summed E-state index contributed by atoms with van der Waals surface area (Å²) in [5.74, 6) is -0.0959. The molecule has 2 aromatic heterocycles. The molecule has 23 heavy (non-hydrogen) atoms. The summed E-state index contributed by atoms with van der Waals surface area (Å²) in [6.45, 7) is 1.92. The fourth-order valence-corrected chi connectivity index (χ4v) is 3.33. The molecule has 1 N–H and O–H groups in total. The Kier molecular flexibility index (Phi) is 4.74. The zero-order chi connectivity index (χ0) is 16.2. The predicted molar refractivity (Wildman–Crippen MR) is 94.9 cm³/mol. The number of carbonyl (C=O) groups excluding carboxylic acids is 1. The first kappa shape index (κ1) is 15.7. The van der Waals surface area contributed by atoms with Gasteiger partial charge in [-0.15, -0.1) is 11.3 Å². The molecule has 0 aliphatic rings. The number of thiophene rings is 1. The SMILES string of the molecule is C[C@H](NC(=O)c1ccc(-c2cccc(Cl)c2)s1)c1ccccn1. The van der Waals surface area contributed by atoms with Gasteiger partial charge in [0.15, 0.2) is 0 Å². The second kappa shape index (κ2) is 6.94. The van der Waals surface area contributed by atoms with Crippen LogP contribution in [-0.4, -0.2) is 10.9 Å². The molecule has 0 unspecified atom stereocenters. The van der Waals surface area contributed by atoms with Crippen LogP contribution in [0.15, 0.2) is 60.8 Å². The molecule has 0 saturated carbocycles. The Morgan fingerprint density at radius 2 is 2.04 bits per heavy atom. The fraction of sp³-hybridized carbons (Fsp3) is 0.111. The molecule has 3 rings (SSSR count). The lowest BCUT2D eigenvalue weighted by Gasteiger charge is -2.12. The number of hydrogen-bond acceptors (Lipinski definition) is 3. The van der Waals surface area contributed by atoms with E-state index in [2.05, 4.69) is 10.3 Å². The number of benzene rings is 1. The van der Waals surface area contributed by atoms with Gasteiger partial charge in [0.25, 0.3) is 5.91 Å². The van der Waals surface area contributed by atoms with E-state index in [-0.39, 0.29) is 11.9 Å². The third-order valence-corrected chi connectivity index (χ3v) is 4.79. The molecule has 1 aromatic carbocycles. The molecular formula is C18H15ClN2OS. The lowest BCUT2D eigenvalue weighted by atomic mass is 10.2. The van der Waals surface area contributed by atoms with Crippen molar-refractivity contribution in [3.63, 3.8) is 0 Å². The van der Waals surface area contributed by atoms with Crippen molar-refractivity contribution in [2.24, 2.45) is 0 Å². The van der Waals surface area contributed by atoms with Gasteiger partial charge in [0.05, 0.1) is 16.6 Å². The van der Waals surface area contributed by atoms with Crippen molar-refractivity contribution in [1.29, 1.82) is 0 Å². The predicted octanol–water partition coefficient (Wildman–Crippen LogP) is 4.95. The van der Waals surface area contributed by atoms with Gasteiger partial charge < -0.3 is 5.32 Å². The lowest BCUT2D eigenvalue weighted by Crippen LogP contribution is -2.26. The number of pyridine rings is 1. The Morgan fingerprint density at radius 3 is 2.78 bits per heavy atom. The van der Waals surface area contributed by atoms with Crippen LogP contribution in [0.2, 0.25) is 5.02 Å². The molecule has 116 valence electrons. The Morgan fingerprint density at radius 1 is 1.17 bits per heavy atom. The standard InChI is InChI=1S/C18H15ClN2OS/c1-12(15-7-2-3-10-20-15)21-18(22)17-9-8-16(23-17)13-5-4-6-14(19)11-13/h2-12H,1H3,(H,21,22)/t12-/m0/s1. The molecule has 3 nitrogen and oxygen atoms in total. The molecule has 0 aliphatic carbocycles. The van der Waals surface area contributed by atoms with Crippen LogP contribution in [0.4, 0.5) is 0 Å². The molecule has 1 amide bonds. The van der Waals surface area contributed by atoms with Gasteiger partial charge in [-0.25, -0.2) is 0 Å². The molecule has 2 heterocycles. The zero-order valence-electron chi connectivity index (χ0n) is 12.5.